The quantitative estimate of drug-likeness (QED) is 0.724. The number of benzene rings is 1. The standard InChI is InChI=1S/C15H15N5OS/c1-9-14(22-15-17-12(16)8-13(21)18-15)10(2)20(19-9)11-6-4-3-5-7-11/h3-8H,1-2H3,(H3,16,17,18,21). The van der Waals surface area contributed by atoms with E-state index in [2.05, 4.69) is 15.1 Å². The third-order valence-electron chi connectivity index (χ3n) is 3.16. The van der Waals surface area contributed by atoms with Gasteiger partial charge in [0.25, 0.3) is 5.56 Å². The number of aryl methyl sites for hydroxylation is 1. The van der Waals surface area contributed by atoms with Gasteiger partial charge in [0.1, 0.15) is 5.82 Å². The number of rotatable bonds is 3. The summed E-state index contributed by atoms with van der Waals surface area (Å²) < 4.78 is 1.88. The minimum Gasteiger partial charge on any atom is -0.383 e. The molecular weight excluding hydrogens is 298 g/mol. The van der Waals surface area contributed by atoms with Gasteiger partial charge in [-0.05, 0) is 37.7 Å². The van der Waals surface area contributed by atoms with Crippen molar-refractivity contribution in [2.24, 2.45) is 0 Å². The van der Waals surface area contributed by atoms with E-state index in [0.717, 1.165) is 22.0 Å². The molecular formula is C15H15N5OS. The zero-order chi connectivity index (χ0) is 15.7. The van der Waals surface area contributed by atoms with Crippen molar-refractivity contribution in [2.45, 2.75) is 23.9 Å². The smallest absolute Gasteiger partial charge is 0.253 e. The van der Waals surface area contributed by atoms with Crippen molar-refractivity contribution in [3.63, 3.8) is 0 Å². The number of nitrogens with zero attached hydrogens (tertiary/aromatic N) is 3. The van der Waals surface area contributed by atoms with Crippen LogP contribution in [0, 0.1) is 13.8 Å². The molecule has 1 aromatic carbocycles. The number of hydrogen-bond acceptors (Lipinski definition) is 5. The molecule has 2 heterocycles. The summed E-state index contributed by atoms with van der Waals surface area (Å²) in [5.41, 5.74) is 8.20. The molecule has 6 nitrogen and oxygen atoms in total. The Morgan fingerprint density at radius 2 is 1.95 bits per heavy atom. The van der Waals surface area contributed by atoms with Gasteiger partial charge in [0.2, 0.25) is 0 Å². The molecule has 7 heteroatoms. The van der Waals surface area contributed by atoms with Gasteiger partial charge in [-0.3, -0.25) is 4.79 Å². The minimum absolute atomic E-state index is 0.206. The van der Waals surface area contributed by atoms with Gasteiger partial charge in [0.05, 0.1) is 22.0 Å². The lowest BCUT2D eigenvalue weighted by atomic mass is 10.3. The van der Waals surface area contributed by atoms with Crippen LogP contribution in [0.3, 0.4) is 0 Å². The van der Waals surface area contributed by atoms with Crippen LogP contribution in [0.5, 0.6) is 0 Å². The molecule has 0 aliphatic carbocycles. The third-order valence-corrected chi connectivity index (χ3v) is 4.35. The molecule has 0 atom stereocenters. The highest BCUT2D eigenvalue weighted by molar-refractivity contribution is 7.99. The van der Waals surface area contributed by atoms with Crippen molar-refractivity contribution in [3.05, 3.63) is 58.1 Å². The van der Waals surface area contributed by atoms with Crippen molar-refractivity contribution in [1.82, 2.24) is 19.7 Å². The van der Waals surface area contributed by atoms with Crippen molar-refractivity contribution in [2.75, 3.05) is 5.73 Å². The first kappa shape index (κ1) is 14.4. The summed E-state index contributed by atoms with van der Waals surface area (Å²) in [6.07, 6.45) is 0. The number of para-hydroxylation sites is 1. The molecule has 3 aromatic rings. The second-order valence-electron chi connectivity index (χ2n) is 4.82. The minimum atomic E-state index is -0.263. The molecule has 22 heavy (non-hydrogen) atoms. The average Bonchev–Trinajstić information content (AvgIpc) is 2.75. The first-order chi connectivity index (χ1) is 10.5. The second kappa shape index (κ2) is 5.69. The largest absolute Gasteiger partial charge is 0.383 e. The van der Waals surface area contributed by atoms with Gasteiger partial charge >= 0.3 is 0 Å². The van der Waals surface area contributed by atoms with E-state index in [1.54, 1.807) is 0 Å². The van der Waals surface area contributed by atoms with Crippen LogP contribution in [0.2, 0.25) is 0 Å². The zero-order valence-electron chi connectivity index (χ0n) is 12.2. The van der Waals surface area contributed by atoms with Gasteiger partial charge in [0.15, 0.2) is 5.16 Å². The Hall–Kier alpha value is -2.54. The highest BCUT2D eigenvalue weighted by Crippen LogP contribution is 2.31. The van der Waals surface area contributed by atoms with Crippen LogP contribution in [0.1, 0.15) is 11.4 Å². The Labute approximate surface area is 131 Å². The van der Waals surface area contributed by atoms with E-state index in [1.165, 1.54) is 17.8 Å². The van der Waals surface area contributed by atoms with E-state index in [-0.39, 0.29) is 11.4 Å². The molecule has 0 aliphatic rings. The van der Waals surface area contributed by atoms with Gasteiger partial charge in [-0.1, -0.05) is 18.2 Å². The second-order valence-corrected chi connectivity index (χ2v) is 5.82. The van der Waals surface area contributed by atoms with E-state index in [1.807, 2.05) is 48.9 Å². The van der Waals surface area contributed by atoms with Crippen molar-refractivity contribution >= 4 is 17.6 Å². The van der Waals surface area contributed by atoms with Crippen LogP contribution in [0.25, 0.3) is 5.69 Å². The molecule has 2 aromatic heterocycles. The number of nitrogens with two attached hydrogens (primary N) is 1. The predicted octanol–water partition coefficient (Wildman–Crippen LogP) is 2.31. The summed E-state index contributed by atoms with van der Waals surface area (Å²) in [6.45, 7) is 3.92. The van der Waals surface area contributed by atoms with Crippen LogP contribution in [0.4, 0.5) is 5.82 Å². The number of nitrogen functional groups attached to an aromatic ring is 1. The molecule has 0 unspecified atom stereocenters. The molecule has 0 bridgehead atoms. The summed E-state index contributed by atoms with van der Waals surface area (Å²) in [5.74, 6) is 0.206. The van der Waals surface area contributed by atoms with Gasteiger partial charge in [-0.25, -0.2) is 9.67 Å². The number of aromatic amines is 1. The van der Waals surface area contributed by atoms with Gasteiger partial charge in [-0.2, -0.15) is 5.10 Å². The maximum Gasteiger partial charge on any atom is 0.253 e. The van der Waals surface area contributed by atoms with Gasteiger partial charge in [0, 0.05) is 6.07 Å². The molecule has 3 N–H and O–H groups in total. The van der Waals surface area contributed by atoms with E-state index < -0.39 is 0 Å². The van der Waals surface area contributed by atoms with Crippen LogP contribution in [-0.2, 0) is 0 Å². The molecule has 112 valence electrons. The van der Waals surface area contributed by atoms with E-state index >= 15 is 0 Å². The van der Waals surface area contributed by atoms with Crippen LogP contribution in [-0.4, -0.2) is 19.7 Å². The third kappa shape index (κ3) is 2.75. The number of hydrogen-bond donors (Lipinski definition) is 2. The lowest BCUT2D eigenvalue weighted by molar-refractivity contribution is 0.832. The monoisotopic (exact) mass is 313 g/mol. The lowest BCUT2D eigenvalue weighted by Crippen LogP contribution is -2.09. The number of nitrogens with one attached hydrogen (secondary N) is 1. The molecule has 0 amide bonds. The average molecular weight is 313 g/mol. The molecule has 3 rings (SSSR count). The Balaban J connectivity index is 2.02. The number of H-pyrrole nitrogens is 1. The van der Waals surface area contributed by atoms with Gasteiger partial charge in [-0.15, -0.1) is 0 Å². The summed E-state index contributed by atoms with van der Waals surface area (Å²) in [4.78, 5) is 19.3. The topological polar surface area (TPSA) is 89.6 Å². The molecule has 0 radical (unpaired) electrons. The van der Waals surface area contributed by atoms with Crippen molar-refractivity contribution < 1.29 is 0 Å². The van der Waals surface area contributed by atoms with E-state index in [9.17, 15) is 4.79 Å². The Morgan fingerprint density at radius 1 is 1.23 bits per heavy atom. The summed E-state index contributed by atoms with van der Waals surface area (Å²) >= 11 is 1.35. The van der Waals surface area contributed by atoms with Crippen LogP contribution >= 0.6 is 11.8 Å². The summed E-state index contributed by atoms with van der Waals surface area (Å²) in [7, 11) is 0. The molecule has 0 spiro atoms. The van der Waals surface area contributed by atoms with E-state index in [4.69, 9.17) is 5.73 Å². The van der Waals surface area contributed by atoms with Crippen molar-refractivity contribution in [1.29, 1.82) is 0 Å². The predicted molar refractivity (Wildman–Crippen MR) is 86.4 cm³/mol. The molecule has 0 saturated heterocycles. The van der Waals surface area contributed by atoms with Gasteiger partial charge < -0.3 is 10.7 Å². The first-order valence-corrected chi connectivity index (χ1v) is 7.52. The van der Waals surface area contributed by atoms with Crippen LogP contribution in [0.15, 0.2) is 51.2 Å². The Bertz CT molecular complexity index is 869. The number of anilines is 1. The Kier molecular flexibility index (Phi) is 3.72. The fourth-order valence-corrected chi connectivity index (χ4v) is 3.11. The zero-order valence-corrected chi connectivity index (χ0v) is 13.0. The Morgan fingerprint density at radius 3 is 2.64 bits per heavy atom. The lowest BCUT2D eigenvalue weighted by Gasteiger charge is -2.05. The highest BCUT2D eigenvalue weighted by Gasteiger charge is 2.15. The van der Waals surface area contributed by atoms with Crippen molar-refractivity contribution in [3.8, 4) is 5.69 Å². The molecule has 0 fully saturated rings. The van der Waals surface area contributed by atoms with Crippen LogP contribution < -0.4 is 11.3 Å². The molecule has 0 aliphatic heterocycles. The fourth-order valence-electron chi connectivity index (χ4n) is 2.19. The highest BCUT2D eigenvalue weighted by atomic mass is 32.2. The summed E-state index contributed by atoms with van der Waals surface area (Å²) in [5, 5.41) is 5.03. The first-order valence-electron chi connectivity index (χ1n) is 6.71. The molecule has 0 saturated carbocycles. The summed E-state index contributed by atoms with van der Waals surface area (Å²) in [6, 6.07) is 11.2. The number of aromatic nitrogens is 4. The van der Waals surface area contributed by atoms with E-state index in [0.29, 0.717) is 5.16 Å². The fraction of sp³-hybridized carbons (Fsp3) is 0.133. The maximum absolute atomic E-state index is 11.5. The normalized spacial score (nSPS) is 10.8. The maximum atomic E-state index is 11.5. The SMILES string of the molecule is Cc1nn(-c2ccccc2)c(C)c1Sc1nc(N)cc(=O)[nH]1.